The Morgan fingerprint density at radius 1 is 1.38 bits per heavy atom. The summed E-state index contributed by atoms with van der Waals surface area (Å²) >= 11 is 1.56. The van der Waals surface area contributed by atoms with Gasteiger partial charge >= 0.3 is 0 Å². The van der Waals surface area contributed by atoms with Gasteiger partial charge in [-0.3, -0.25) is 4.79 Å². The Morgan fingerprint density at radius 2 is 2.00 bits per heavy atom. The SMILES string of the molecule is CCS(=O)(=O)NC(CCSC)C(=O)NC1(CO)CCCC1. The lowest BCUT2D eigenvalue weighted by Crippen LogP contribution is -2.56. The first-order chi connectivity index (χ1) is 9.88. The Kier molecular flexibility index (Phi) is 7.46. The largest absolute Gasteiger partial charge is 0.394 e. The first-order valence-corrected chi connectivity index (χ1v) is 10.3. The van der Waals surface area contributed by atoms with Crippen LogP contribution in [0.4, 0.5) is 0 Å². The van der Waals surface area contributed by atoms with Crippen LogP contribution in [-0.4, -0.2) is 55.4 Å². The number of hydrogen-bond acceptors (Lipinski definition) is 5. The molecule has 0 radical (unpaired) electrons. The molecule has 0 aromatic carbocycles. The number of aliphatic hydroxyl groups is 1. The quantitative estimate of drug-likeness (QED) is 0.568. The lowest BCUT2D eigenvalue weighted by atomic mass is 9.98. The molecular weight excluding hydrogens is 312 g/mol. The Balaban J connectivity index is 2.74. The number of rotatable bonds is 9. The molecule has 1 atom stereocenters. The van der Waals surface area contributed by atoms with Gasteiger partial charge in [0.05, 0.1) is 17.9 Å². The van der Waals surface area contributed by atoms with Gasteiger partial charge in [0.2, 0.25) is 15.9 Å². The predicted molar refractivity (Wildman–Crippen MR) is 85.8 cm³/mol. The summed E-state index contributed by atoms with van der Waals surface area (Å²) in [5.74, 6) is 0.300. The summed E-state index contributed by atoms with van der Waals surface area (Å²) in [5, 5.41) is 12.4. The maximum Gasteiger partial charge on any atom is 0.238 e. The third-order valence-electron chi connectivity index (χ3n) is 3.88. The smallest absolute Gasteiger partial charge is 0.238 e. The second-order valence-corrected chi connectivity index (χ2v) is 8.52. The van der Waals surface area contributed by atoms with Crippen molar-refractivity contribution in [2.24, 2.45) is 0 Å². The van der Waals surface area contributed by atoms with Crippen LogP contribution in [0.3, 0.4) is 0 Å². The van der Waals surface area contributed by atoms with E-state index in [1.807, 2.05) is 6.26 Å². The Morgan fingerprint density at radius 3 is 2.48 bits per heavy atom. The average molecular weight is 338 g/mol. The number of sulfonamides is 1. The minimum atomic E-state index is -3.44. The van der Waals surface area contributed by atoms with Crippen molar-refractivity contribution in [2.45, 2.75) is 50.6 Å². The van der Waals surface area contributed by atoms with Gasteiger partial charge in [-0.25, -0.2) is 13.1 Å². The van der Waals surface area contributed by atoms with Crippen LogP contribution in [0, 0.1) is 0 Å². The fourth-order valence-corrected chi connectivity index (χ4v) is 3.80. The van der Waals surface area contributed by atoms with E-state index in [0.29, 0.717) is 12.2 Å². The summed E-state index contributed by atoms with van der Waals surface area (Å²) in [6.45, 7) is 1.44. The molecule has 0 heterocycles. The molecule has 0 aliphatic heterocycles. The van der Waals surface area contributed by atoms with Crippen molar-refractivity contribution in [3.63, 3.8) is 0 Å². The highest BCUT2D eigenvalue weighted by atomic mass is 32.2. The third kappa shape index (κ3) is 5.77. The molecule has 0 spiro atoms. The molecule has 1 rings (SSSR count). The highest BCUT2D eigenvalue weighted by molar-refractivity contribution is 7.98. The standard InChI is InChI=1S/C13H26N2O4S2/c1-3-21(18,19)15-11(6-9-20-2)12(17)14-13(10-16)7-4-5-8-13/h11,15-16H,3-10H2,1-2H3,(H,14,17). The minimum Gasteiger partial charge on any atom is -0.394 e. The van der Waals surface area contributed by atoms with Crippen LogP contribution >= 0.6 is 11.8 Å². The van der Waals surface area contributed by atoms with Crippen molar-refractivity contribution < 1.29 is 18.3 Å². The first-order valence-electron chi connectivity index (χ1n) is 7.30. The number of aliphatic hydroxyl groups excluding tert-OH is 1. The van der Waals surface area contributed by atoms with Crippen LogP contribution in [0.1, 0.15) is 39.0 Å². The zero-order valence-corrected chi connectivity index (χ0v) is 14.4. The molecule has 0 bridgehead atoms. The van der Waals surface area contributed by atoms with Gasteiger partial charge in [-0.05, 0) is 38.2 Å². The molecule has 1 aliphatic carbocycles. The molecule has 124 valence electrons. The summed E-state index contributed by atoms with van der Waals surface area (Å²) in [4.78, 5) is 12.4. The van der Waals surface area contributed by atoms with Crippen LogP contribution in [0.25, 0.3) is 0 Å². The normalized spacial score (nSPS) is 19.4. The average Bonchev–Trinajstić information content (AvgIpc) is 2.92. The van der Waals surface area contributed by atoms with Crippen molar-refractivity contribution in [2.75, 3.05) is 24.4 Å². The fraction of sp³-hybridized carbons (Fsp3) is 0.923. The van der Waals surface area contributed by atoms with Crippen molar-refractivity contribution in [1.82, 2.24) is 10.0 Å². The van der Waals surface area contributed by atoms with Gasteiger partial charge in [-0.1, -0.05) is 12.8 Å². The molecule has 8 heteroatoms. The maximum atomic E-state index is 12.4. The molecule has 0 saturated heterocycles. The second-order valence-electron chi connectivity index (χ2n) is 5.49. The molecule has 1 saturated carbocycles. The van der Waals surface area contributed by atoms with Gasteiger partial charge in [-0.15, -0.1) is 0 Å². The topological polar surface area (TPSA) is 95.5 Å². The number of hydrogen-bond donors (Lipinski definition) is 3. The van der Waals surface area contributed by atoms with Crippen LogP contribution in [-0.2, 0) is 14.8 Å². The Bertz CT molecular complexity index is 433. The van der Waals surface area contributed by atoms with E-state index in [0.717, 1.165) is 25.7 Å². The number of nitrogens with one attached hydrogen (secondary N) is 2. The lowest BCUT2D eigenvalue weighted by Gasteiger charge is -2.30. The van der Waals surface area contributed by atoms with E-state index in [1.54, 1.807) is 11.8 Å². The van der Waals surface area contributed by atoms with Gasteiger partial charge in [0.1, 0.15) is 6.04 Å². The molecular formula is C13H26N2O4S2. The van der Waals surface area contributed by atoms with E-state index in [1.165, 1.54) is 6.92 Å². The number of carbonyl (C=O) groups excluding carboxylic acids is 1. The first kappa shape index (κ1) is 18.7. The van der Waals surface area contributed by atoms with E-state index in [4.69, 9.17) is 0 Å². The molecule has 1 fully saturated rings. The number of amides is 1. The summed E-state index contributed by atoms with van der Waals surface area (Å²) in [6.07, 6.45) is 5.77. The molecule has 0 aromatic rings. The highest BCUT2D eigenvalue weighted by Crippen LogP contribution is 2.29. The van der Waals surface area contributed by atoms with Crippen LogP contribution < -0.4 is 10.0 Å². The van der Waals surface area contributed by atoms with Crippen LogP contribution in [0.5, 0.6) is 0 Å². The molecule has 6 nitrogen and oxygen atoms in total. The molecule has 1 aliphatic rings. The number of carbonyl (C=O) groups is 1. The van der Waals surface area contributed by atoms with Gasteiger partial charge in [0, 0.05) is 0 Å². The van der Waals surface area contributed by atoms with E-state index < -0.39 is 21.6 Å². The Hall–Kier alpha value is -0.310. The van der Waals surface area contributed by atoms with Gasteiger partial charge in [-0.2, -0.15) is 11.8 Å². The molecule has 0 aromatic heterocycles. The highest BCUT2D eigenvalue weighted by Gasteiger charge is 2.36. The van der Waals surface area contributed by atoms with Crippen molar-refractivity contribution in [1.29, 1.82) is 0 Å². The van der Waals surface area contributed by atoms with Gasteiger partial charge in [0.15, 0.2) is 0 Å². The van der Waals surface area contributed by atoms with Crippen LogP contribution in [0.2, 0.25) is 0 Å². The summed E-state index contributed by atoms with van der Waals surface area (Å²) < 4.78 is 25.9. The minimum absolute atomic E-state index is 0.0544. The van der Waals surface area contributed by atoms with Crippen LogP contribution in [0.15, 0.2) is 0 Å². The summed E-state index contributed by atoms with van der Waals surface area (Å²) in [5.41, 5.74) is -0.577. The summed E-state index contributed by atoms with van der Waals surface area (Å²) in [7, 11) is -3.44. The zero-order valence-electron chi connectivity index (χ0n) is 12.7. The van der Waals surface area contributed by atoms with E-state index in [-0.39, 0.29) is 18.3 Å². The fourth-order valence-electron chi connectivity index (χ4n) is 2.50. The molecule has 1 amide bonds. The second kappa shape index (κ2) is 8.36. The van der Waals surface area contributed by atoms with Crippen molar-refractivity contribution in [3.8, 4) is 0 Å². The third-order valence-corrected chi connectivity index (χ3v) is 5.93. The number of thioether (sulfide) groups is 1. The summed E-state index contributed by atoms with van der Waals surface area (Å²) in [6, 6.07) is -0.772. The van der Waals surface area contributed by atoms with Gasteiger partial charge < -0.3 is 10.4 Å². The van der Waals surface area contributed by atoms with Crippen molar-refractivity contribution >= 4 is 27.7 Å². The van der Waals surface area contributed by atoms with Gasteiger partial charge in [0.25, 0.3) is 0 Å². The molecule has 3 N–H and O–H groups in total. The van der Waals surface area contributed by atoms with E-state index >= 15 is 0 Å². The van der Waals surface area contributed by atoms with Crippen molar-refractivity contribution in [3.05, 3.63) is 0 Å². The Labute approximate surface area is 131 Å². The van der Waals surface area contributed by atoms with E-state index in [9.17, 15) is 18.3 Å². The monoisotopic (exact) mass is 338 g/mol. The molecule has 1 unspecified atom stereocenters. The van der Waals surface area contributed by atoms with E-state index in [2.05, 4.69) is 10.0 Å². The zero-order chi connectivity index (χ0) is 15.9. The predicted octanol–water partition coefficient (Wildman–Crippen LogP) is 0.469. The molecule has 21 heavy (non-hydrogen) atoms. The lowest BCUT2D eigenvalue weighted by molar-refractivity contribution is -0.125. The maximum absolute atomic E-state index is 12.4.